The van der Waals surface area contributed by atoms with Gasteiger partial charge in [0.1, 0.15) is 5.76 Å². The molecule has 4 aliphatic rings. The summed E-state index contributed by atoms with van der Waals surface area (Å²) in [5.74, 6) is -3.46. The van der Waals surface area contributed by atoms with Gasteiger partial charge in [0.05, 0.1) is 18.1 Å². The van der Waals surface area contributed by atoms with Crippen LogP contribution in [-0.4, -0.2) is 93.9 Å². The summed E-state index contributed by atoms with van der Waals surface area (Å²) in [4.78, 5) is 39.4. The van der Waals surface area contributed by atoms with Crippen LogP contribution >= 0.6 is 0 Å². The number of rotatable bonds is 8. The molecule has 0 aromatic heterocycles. The Morgan fingerprint density at radius 3 is 2.48 bits per heavy atom. The Hall–Kier alpha value is -3.97. The lowest BCUT2D eigenvalue weighted by Gasteiger charge is -2.61. The molecular weight excluding hydrogens is 550 g/mol. The first-order valence-electron chi connectivity index (χ1n) is 13.6. The van der Waals surface area contributed by atoms with Gasteiger partial charge in [0.15, 0.2) is 29.8 Å². The van der Waals surface area contributed by atoms with Crippen molar-refractivity contribution < 1.29 is 53.8 Å². The van der Waals surface area contributed by atoms with Gasteiger partial charge >= 0.3 is 17.9 Å². The van der Waals surface area contributed by atoms with Crippen molar-refractivity contribution in [2.75, 3.05) is 20.7 Å². The van der Waals surface area contributed by atoms with Gasteiger partial charge in [-0.1, -0.05) is 36.4 Å². The fraction of sp³-hybridized carbons (Fsp3) is 0.433. The fourth-order valence-electron chi connectivity index (χ4n) is 7.10. The van der Waals surface area contributed by atoms with Crippen LogP contribution in [0, 0.1) is 0 Å². The Kier molecular flexibility index (Phi) is 6.76. The zero-order chi connectivity index (χ0) is 30.0. The Morgan fingerprint density at radius 1 is 1.07 bits per heavy atom. The van der Waals surface area contributed by atoms with Crippen molar-refractivity contribution in [1.29, 1.82) is 0 Å². The Balaban J connectivity index is 1.25. The van der Waals surface area contributed by atoms with E-state index in [1.807, 2.05) is 13.1 Å². The molecule has 1 spiro atoms. The van der Waals surface area contributed by atoms with E-state index >= 15 is 0 Å². The number of likely N-dealkylation sites (N-methyl/N-ethyl adjacent to an activating group) is 1. The van der Waals surface area contributed by atoms with E-state index in [0.29, 0.717) is 30.9 Å². The number of ether oxygens (including phenoxy) is 4. The van der Waals surface area contributed by atoms with Crippen LogP contribution in [0.15, 0.2) is 54.3 Å². The number of hydrogen-bond donors (Lipinski definition) is 4. The number of carboxylic acids is 1. The molecule has 2 heterocycles. The summed E-state index contributed by atoms with van der Waals surface area (Å²) in [6.45, 7) is 0.642. The number of esters is 2. The first-order valence-corrected chi connectivity index (χ1v) is 13.6. The van der Waals surface area contributed by atoms with Crippen LogP contribution in [0.2, 0.25) is 0 Å². The molecule has 0 saturated carbocycles. The molecule has 2 aromatic carbocycles. The second kappa shape index (κ2) is 10.1. The molecule has 222 valence electrons. The molecule has 12 nitrogen and oxygen atoms in total. The number of piperidine rings is 1. The predicted molar refractivity (Wildman–Crippen MR) is 142 cm³/mol. The molecule has 7 atom stereocenters. The highest BCUT2D eigenvalue weighted by Crippen LogP contribution is 2.65. The standard InChI is InChI=1S/C30H31NO11/c1-31-13-12-29-20-16-8-9-17(39-2)24(20)41-25(29)18(10-11-30(29,38)19(31)14-16)40-27(36)21(32)22(33)28(37)42-23(26(34)35)15-6-4-3-5-7-15/h3-10,19,21-23,25,32-33,38H,11-14H2,1-2H3,(H,34,35)/t19-,21-,22-,23+,25+,29+,30-/m1/s1. The van der Waals surface area contributed by atoms with Gasteiger partial charge in [-0.2, -0.15) is 0 Å². The van der Waals surface area contributed by atoms with Crippen molar-refractivity contribution in [2.24, 2.45) is 0 Å². The number of carbonyl (C=O) groups is 3. The number of nitrogens with zero attached hydrogens (tertiary/aromatic N) is 1. The molecule has 2 aliphatic heterocycles. The summed E-state index contributed by atoms with van der Waals surface area (Å²) in [7, 11) is 3.46. The smallest absolute Gasteiger partial charge is 0.349 e. The largest absolute Gasteiger partial charge is 0.493 e. The fourth-order valence-corrected chi connectivity index (χ4v) is 7.10. The van der Waals surface area contributed by atoms with Crippen LogP contribution in [0.4, 0.5) is 0 Å². The first-order chi connectivity index (χ1) is 20.0. The summed E-state index contributed by atoms with van der Waals surface area (Å²) < 4.78 is 22.4. The van der Waals surface area contributed by atoms with Crippen molar-refractivity contribution in [3.63, 3.8) is 0 Å². The normalized spacial score (nSPS) is 29.2. The van der Waals surface area contributed by atoms with E-state index in [4.69, 9.17) is 18.9 Å². The van der Waals surface area contributed by atoms with Crippen molar-refractivity contribution in [3.05, 3.63) is 71.0 Å². The minimum absolute atomic E-state index is 0.0198. The molecule has 2 aliphatic carbocycles. The lowest BCUT2D eigenvalue weighted by molar-refractivity contribution is -0.183. The molecular formula is C30H31NO11. The number of aliphatic hydroxyl groups excluding tert-OH is 2. The second-order valence-electron chi connectivity index (χ2n) is 11.2. The maximum absolute atomic E-state index is 13.0. The van der Waals surface area contributed by atoms with E-state index in [-0.39, 0.29) is 23.8 Å². The molecule has 0 amide bonds. The topological polar surface area (TPSA) is 172 Å². The van der Waals surface area contributed by atoms with Gasteiger partial charge in [-0.25, -0.2) is 14.4 Å². The summed E-state index contributed by atoms with van der Waals surface area (Å²) >= 11 is 0. The van der Waals surface area contributed by atoms with Gasteiger partial charge in [-0.05, 0) is 44.1 Å². The maximum Gasteiger partial charge on any atom is 0.349 e. The number of methoxy groups -OCH3 is 1. The third kappa shape index (κ3) is 3.93. The highest BCUT2D eigenvalue weighted by molar-refractivity contribution is 5.87. The van der Waals surface area contributed by atoms with Crippen molar-refractivity contribution in [2.45, 2.75) is 60.7 Å². The highest BCUT2D eigenvalue weighted by Gasteiger charge is 2.72. The Morgan fingerprint density at radius 2 is 1.79 bits per heavy atom. The number of aliphatic hydroxyl groups is 3. The quantitative estimate of drug-likeness (QED) is 0.321. The molecule has 0 radical (unpaired) electrons. The molecule has 1 fully saturated rings. The SMILES string of the molecule is COc1ccc2c3c1O[C@H]1C(OC(=O)[C@H](O)[C@@H](O)C(=O)O[C@H](C(=O)O)c4ccccc4)=CC[C@@]4(O)[C@@H](C2)N(C)CC[C@]314. The van der Waals surface area contributed by atoms with Gasteiger partial charge in [-0.3, -0.25) is 0 Å². The lowest BCUT2D eigenvalue weighted by Crippen LogP contribution is -2.74. The zero-order valence-electron chi connectivity index (χ0n) is 22.9. The van der Waals surface area contributed by atoms with Crippen LogP contribution < -0.4 is 9.47 Å². The number of likely N-dealkylation sites (tertiary alicyclic amines) is 1. The summed E-state index contributed by atoms with van der Waals surface area (Å²) in [6, 6.07) is 11.1. The van der Waals surface area contributed by atoms with E-state index in [9.17, 15) is 34.8 Å². The van der Waals surface area contributed by atoms with Crippen LogP contribution in [-0.2, 0) is 35.7 Å². The molecule has 2 bridgehead atoms. The van der Waals surface area contributed by atoms with Crippen molar-refractivity contribution >= 4 is 17.9 Å². The third-order valence-corrected chi connectivity index (χ3v) is 9.12. The molecule has 42 heavy (non-hydrogen) atoms. The molecule has 12 heteroatoms. The van der Waals surface area contributed by atoms with E-state index in [2.05, 4.69) is 4.90 Å². The Bertz CT molecular complexity index is 1480. The monoisotopic (exact) mass is 581 g/mol. The number of hydrogen-bond acceptors (Lipinski definition) is 11. The van der Waals surface area contributed by atoms with Crippen LogP contribution in [0.5, 0.6) is 11.5 Å². The molecule has 1 saturated heterocycles. The second-order valence-corrected chi connectivity index (χ2v) is 11.2. The molecule has 4 N–H and O–H groups in total. The van der Waals surface area contributed by atoms with Crippen LogP contribution in [0.25, 0.3) is 0 Å². The van der Waals surface area contributed by atoms with E-state index in [0.717, 1.165) is 11.1 Å². The first kappa shape index (κ1) is 28.2. The average Bonchev–Trinajstić information content (AvgIpc) is 3.34. The highest BCUT2D eigenvalue weighted by atomic mass is 16.6. The van der Waals surface area contributed by atoms with E-state index in [1.165, 1.54) is 25.3 Å². The van der Waals surface area contributed by atoms with Crippen molar-refractivity contribution in [3.8, 4) is 11.5 Å². The zero-order valence-corrected chi connectivity index (χ0v) is 22.9. The van der Waals surface area contributed by atoms with E-state index in [1.54, 1.807) is 24.3 Å². The van der Waals surface area contributed by atoms with Gasteiger partial charge in [0, 0.05) is 23.6 Å². The molecule has 2 aromatic rings. The molecule has 0 unspecified atom stereocenters. The van der Waals surface area contributed by atoms with Gasteiger partial charge in [-0.15, -0.1) is 0 Å². The minimum atomic E-state index is -2.43. The lowest BCUT2D eigenvalue weighted by atomic mass is 9.50. The number of carboxylic acid groups (broad SMARTS) is 1. The summed E-state index contributed by atoms with van der Waals surface area (Å²) in [5.41, 5.74) is -0.301. The number of aliphatic carboxylic acids is 1. The van der Waals surface area contributed by atoms with Crippen LogP contribution in [0.3, 0.4) is 0 Å². The predicted octanol–water partition coefficient (Wildman–Crippen LogP) is 0.607. The van der Waals surface area contributed by atoms with Crippen molar-refractivity contribution in [1.82, 2.24) is 4.90 Å². The maximum atomic E-state index is 13.0. The summed E-state index contributed by atoms with van der Waals surface area (Å²) in [6.07, 6.45) is -4.82. The van der Waals surface area contributed by atoms with Gasteiger partial charge < -0.3 is 44.3 Å². The van der Waals surface area contributed by atoms with Crippen LogP contribution in [0.1, 0.15) is 35.6 Å². The number of benzene rings is 2. The van der Waals surface area contributed by atoms with E-state index < -0.39 is 53.3 Å². The third-order valence-electron chi connectivity index (χ3n) is 9.12. The van der Waals surface area contributed by atoms with Gasteiger partial charge in [0.25, 0.3) is 0 Å². The average molecular weight is 582 g/mol. The minimum Gasteiger partial charge on any atom is -0.493 e. The van der Waals surface area contributed by atoms with Gasteiger partial charge in [0.2, 0.25) is 6.10 Å². The number of carbonyl (C=O) groups excluding carboxylic acids is 2. The molecule has 6 rings (SSSR count). The Labute approximate surface area is 240 Å². The summed E-state index contributed by atoms with van der Waals surface area (Å²) in [5, 5.41) is 42.7.